The number of thioether (sulfide) groups is 1. The van der Waals surface area contributed by atoms with Gasteiger partial charge in [0.15, 0.2) is 0 Å². The summed E-state index contributed by atoms with van der Waals surface area (Å²) in [5.41, 5.74) is 4.86. The van der Waals surface area contributed by atoms with Crippen LogP contribution >= 0.6 is 23.4 Å². The summed E-state index contributed by atoms with van der Waals surface area (Å²) in [5, 5.41) is 11.4. The van der Waals surface area contributed by atoms with Gasteiger partial charge in [-0.2, -0.15) is 5.26 Å². The van der Waals surface area contributed by atoms with Crippen molar-refractivity contribution in [3.05, 3.63) is 95.0 Å². The number of hydrogen-bond donors (Lipinski definition) is 0. The van der Waals surface area contributed by atoms with E-state index in [2.05, 4.69) is 18.2 Å². The van der Waals surface area contributed by atoms with Gasteiger partial charge >= 0.3 is 0 Å². The largest absolute Gasteiger partial charge is 0.497 e. The molecule has 4 rings (SSSR count). The number of hydrogen-bond acceptors (Lipinski definition) is 5. The summed E-state index contributed by atoms with van der Waals surface area (Å²) in [7, 11) is 3.25. The number of rotatable bonds is 7. The fourth-order valence-electron chi connectivity index (χ4n) is 3.47. The lowest BCUT2D eigenvalue weighted by Crippen LogP contribution is -1.98. The Bertz CT molecular complexity index is 1300. The Hall–Kier alpha value is -3.46. The molecule has 33 heavy (non-hydrogen) atoms. The molecule has 0 aliphatic rings. The van der Waals surface area contributed by atoms with Crippen LogP contribution in [0.1, 0.15) is 11.1 Å². The summed E-state index contributed by atoms with van der Waals surface area (Å²) in [5.74, 6) is 2.07. The maximum atomic E-state index is 10.1. The number of nitriles is 1. The van der Waals surface area contributed by atoms with E-state index in [-0.39, 0.29) is 0 Å². The molecule has 6 heteroatoms. The van der Waals surface area contributed by atoms with E-state index >= 15 is 0 Å². The van der Waals surface area contributed by atoms with Gasteiger partial charge in [0.1, 0.15) is 22.6 Å². The van der Waals surface area contributed by atoms with E-state index in [4.69, 9.17) is 26.1 Å². The first-order chi connectivity index (χ1) is 16.1. The molecular weight excluding hydrogens is 452 g/mol. The fraction of sp³-hybridized carbons (Fsp3) is 0.111. The first-order valence-corrected chi connectivity index (χ1v) is 11.6. The maximum Gasteiger partial charge on any atom is 0.128 e. The number of aromatic nitrogens is 1. The van der Waals surface area contributed by atoms with Gasteiger partial charge in [0.05, 0.1) is 25.5 Å². The normalized spacial score (nSPS) is 10.5. The van der Waals surface area contributed by atoms with Crippen molar-refractivity contribution in [3.63, 3.8) is 0 Å². The zero-order chi connectivity index (χ0) is 23.2. The number of benzene rings is 3. The smallest absolute Gasteiger partial charge is 0.128 e. The molecule has 1 aromatic heterocycles. The van der Waals surface area contributed by atoms with Crippen LogP contribution in [0.5, 0.6) is 11.5 Å². The highest BCUT2D eigenvalue weighted by atomic mass is 35.5. The molecule has 0 aliphatic carbocycles. The maximum absolute atomic E-state index is 10.1. The van der Waals surface area contributed by atoms with Crippen molar-refractivity contribution in [1.82, 2.24) is 4.98 Å². The van der Waals surface area contributed by atoms with Crippen molar-refractivity contribution in [2.75, 3.05) is 14.2 Å². The highest BCUT2D eigenvalue weighted by Gasteiger charge is 2.18. The summed E-state index contributed by atoms with van der Waals surface area (Å²) in [6, 6.07) is 27.5. The van der Waals surface area contributed by atoms with E-state index in [9.17, 15) is 5.26 Å². The van der Waals surface area contributed by atoms with E-state index in [1.807, 2.05) is 66.7 Å². The SMILES string of the molecule is COc1ccc(OC)c(-c2cc(-c3ccc(Cl)cc3)c(C#N)c(SCc3ccccc3)n2)c1. The molecule has 1 heterocycles. The standard InChI is InChI=1S/C27H21ClN2O2S/c1-31-21-12-13-26(32-2)23(14-21)25-15-22(19-8-10-20(28)11-9-19)24(16-29)27(30-25)33-17-18-6-4-3-5-7-18/h3-15H,17H2,1-2H3. The van der Waals surface area contributed by atoms with Crippen molar-refractivity contribution >= 4 is 23.4 Å². The third-order valence-corrected chi connectivity index (χ3v) is 6.45. The Balaban J connectivity index is 1.89. The van der Waals surface area contributed by atoms with Crippen LogP contribution < -0.4 is 9.47 Å². The molecule has 164 valence electrons. The average Bonchev–Trinajstić information content (AvgIpc) is 2.87. The first kappa shape index (κ1) is 22.7. The number of halogens is 1. The Morgan fingerprint density at radius 3 is 2.33 bits per heavy atom. The fourth-order valence-corrected chi connectivity index (χ4v) is 4.55. The molecule has 0 aliphatic heterocycles. The lowest BCUT2D eigenvalue weighted by molar-refractivity contribution is 0.404. The molecular formula is C27H21ClN2O2S. The minimum absolute atomic E-state index is 0.531. The molecule has 4 aromatic rings. The van der Waals surface area contributed by atoms with Crippen LogP contribution in [0.25, 0.3) is 22.4 Å². The van der Waals surface area contributed by atoms with Crippen molar-refractivity contribution in [1.29, 1.82) is 5.26 Å². The zero-order valence-corrected chi connectivity index (χ0v) is 19.8. The molecule has 0 atom stereocenters. The zero-order valence-electron chi connectivity index (χ0n) is 18.2. The van der Waals surface area contributed by atoms with Crippen molar-refractivity contribution in [3.8, 4) is 40.0 Å². The number of ether oxygens (including phenoxy) is 2. The summed E-state index contributed by atoms with van der Waals surface area (Å²) < 4.78 is 11.0. The summed E-state index contributed by atoms with van der Waals surface area (Å²) in [6.07, 6.45) is 0. The predicted molar refractivity (Wildman–Crippen MR) is 134 cm³/mol. The van der Waals surface area contributed by atoms with E-state index in [0.717, 1.165) is 22.3 Å². The van der Waals surface area contributed by atoms with Gasteiger partial charge in [0.2, 0.25) is 0 Å². The van der Waals surface area contributed by atoms with Gasteiger partial charge in [-0.3, -0.25) is 0 Å². The van der Waals surface area contributed by atoms with E-state index in [0.29, 0.717) is 38.6 Å². The monoisotopic (exact) mass is 472 g/mol. The van der Waals surface area contributed by atoms with Crippen LogP contribution in [0.2, 0.25) is 5.02 Å². The summed E-state index contributed by atoms with van der Waals surface area (Å²) in [6.45, 7) is 0. The van der Waals surface area contributed by atoms with Gasteiger partial charge in [-0.25, -0.2) is 4.98 Å². The first-order valence-electron chi connectivity index (χ1n) is 10.2. The molecule has 0 unspecified atom stereocenters. The highest BCUT2D eigenvalue weighted by molar-refractivity contribution is 7.98. The van der Waals surface area contributed by atoms with Gasteiger partial charge in [-0.05, 0) is 47.5 Å². The second-order valence-corrected chi connectivity index (χ2v) is 8.59. The molecule has 3 aromatic carbocycles. The van der Waals surface area contributed by atoms with Crippen LogP contribution in [-0.4, -0.2) is 19.2 Å². The van der Waals surface area contributed by atoms with E-state index in [1.54, 1.807) is 14.2 Å². The Morgan fingerprint density at radius 2 is 1.67 bits per heavy atom. The lowest BCUT2D eigenvalue weighted by atomic mass is 9.99. The van der Waals surface area contributed by atoms with Crippen molar-refractivity contribution in [2.24, 2.45) is 0 Å². The molecule has 0 radical (unpaired) electrons. The molecule has 0 amide bonds. The van der Waals surface area contributed by atoms with E-state index < -0.39 is 0 Å². The van der Waals surface area contributed by atoms with Crippen molar-refractivity contribution in [2.45, 2.75) is 10.8 Å². The molecule has 0 N–H and O–H groups in total. The van der Waals surface area contributed by atoms with Crippen molar-refractivity contribution < 1.29 is 9.47 Å². The molecule has 4 nitrogen and oxygen atoms in total. The van der Waals surface area contributed by atoms with Gasteiger partial charge in [0.25, 0.3) is 0 Å². The van der Waals surface area contributed by atoms with Gasteiger partial charge in [-0.1, -0.05) is 54.1 Å². The van der Waals surface area contributed by atoms with Gasteiger partial charge < -0.3 is 9.47 Å². The van der Waals surface area contributed by atoms with Crippen LogP contribution in [0.4, 0.5) is 0 Å². The molecule has 0 fully saturated rings. The third-order valence-electron chi connectivity index (χ3n) is 5.15. The average molecular weight is 473 g/mol. The molecule has 0 bridgehead atoms. The van der Waals surface area contributed by atoms with Crippen LogP contribution in [-0.2, 0) is 5.75 Å². The van der Waals surface area contributed by atoms with Crippen LogP contribution in [0.3, 0.4) is 0 Å². The quantitative estimate of drug-likeness (QED) is 0.265. The summed E-state index contributed by atoms with van der Waals surface area (Å²) in [4.78, 5) is 4.90. The van der Waals surface area contributed by atoms with Gasteiger partial charge in [-0.15, -0.1) is 11.8 Å². The van der Waals surface area contributed by atoms with E-state index in [1.165, 1.54) is 11.8 Å². The minimum atomic E-state index is 0.531. The summed E-state index contributed by atoms with van der Waals surface area (Å²) >= 11 is 7.65. The second-order valence-electron chi connectivity index (χ2n) is 7.19. The number of nitrogens with zero attached hydrogens (tertiary/aromatic N) is 2. The van der Waals surface area contributed by atoms with Crippen LogP contribution in [0.15, 0.2) is 83.9 Å². The number of pyridine rings is 1. The lowest BCUT2D eigenvalue weighted by Gasteiger charge is -2.15. The van der Waals surface area contributed by atoms with Crippen LogP contribution in [0, 0.1) is 11.3 Å². The topological polar surface area (TPSA) is 55.1 Å². The molecule has 0 saturated carbocycles. The highest BCUT2D eigenvalue weighted by Crippen LogP contribution is 2.39. The number of methoxy groups -OCH3 is 2. The minimum Gasteiger partial charge on any atom is -0.497 e. The Labute approximate surface area is 202 Å². The molecule has 0 saturated heterocycles. The third kappa shape index (κ3) is 5.14. The Kier molecular flexibility index (Phi) is 7.19. The second kappa shape index (κ2) is 10.4. The molecule has 0 spiro atoms. The predicted octanol–water partition coefficient (Wildman–Crippen LogP) is 7.25. The van der Waals surface area contributed by atoms with Gasteiger partial charge in [0, 0.05) is 21.9 Å². The Morgan fingerprint density at radius 1 is 0.909 bits per heavy atom.